The van der Waals surface area contributed by atoms with Gasteiger partial charge in [0.2, 0.25) is 11.8 Å². The van der Waals surface area contributed by atoms with E-state index in [0.29, 0.717) is 18.3 Å². The summed E-state index contributed by atoms with van der Waals surface area (Å²) in [5, 5.41) is 8.96. The lowest BCUT2D eigenvalue weighted by atomic mass is 10.1. The first-order valence-electron chi connectivity index (χ1n) is 7.54. The summed E-state index contributed by atoms with van der Waals surface area (Å²) in [6, 6.07) is 7.45. The fourth-order valence-electron chi connectivity index (χ4n) is 1.95. The lowest BCUT2D eigenvalue weighted by Gasteiger charge is -2.15. The van der Waals surface area contributed by atoms with Gasteiger partial charge in [0.25, 0.3) is 0 Å². The number of rotatable bonds is 6. The number of benzene rings is 1. The molecule has 2 aromatic rings. The zero-order valence-corrected chi connectivity index (χ0v) is 14.0. The highest BCUT2D eigenvalue weighted by Gasteiger charge is 2.13. The number of carbonyl (C=O) groups excluding carboxylic acids is 2. The molecular weight excluding hydrogens is 310 g/mol. The van der Waals surface area contributed by atoms with Crippen LogP contribution in [0.2, 0.25) is 0 Å². The van der Waals surface area contributed by atoms with Crippen LogP contribution in [0.1, 0.15) is 22.8 Å². The number of nitrogens with zero attached hydrogens (tertiary/aromatic N) is 3. The van der Waals surface area contributed by atoms with Crippen molar-refractivity contribution in [2.24, 2.45) is 0 Å². The summed E-state index contributed by atoms with van der Waals surface area (Å²) in [6.07, 6.45) is 0. The normalized spacial score (nSPS) is 10.3. The van der Waals surface area contributed by atoms with Crippen molar-refractivity contribution in [1.29, 1.82) is 0 Å². The van der Waals surface area contributed by atoms with Crippen LogP contribution in [0, 0.1) is 13.8 Å². The second kappa shape index (κ2) is 8.09. The number of likely N-dealkylation sites (N-methyl/N-ethyl adjacent to an activating group) is 1. The third-order valence-electron chi connectivity index (χ3n) is 3.35. The van der Waals surface area contributed by atoms with Crippen LogP contribution in [0.4, 0.5) is 4.79 Å². The van der Waals surface area contributed by atoms with Crippen LogP contribution in [0.3, 0.4) is 0 Å². The smallest absolute Gasteiger partial charge is 0.315 e. The van der Waals surface area contributed by atoms with Crippen molar-refractivity contribution in [2.75, 3.05) is 13.6 Å². The first-order chi connectivity index (χ1) is 11.4. The maximum atomic E-state index is 12.0. The van der Waals surface area contributed by atoms with Crippen molar-refractivity contribution in [3.63, 3.8) is 0 Å². The van der Waals surface area contributed by atoms with Gasteiger partial charge in [-0.05, 0) is 12.5 Å². The molecule has 3 amide bonds. The Labute approximate surface area is 140 Å². The summed E-state index contributed by atoms with van der Waals surface area (Å²) in [5.41, 5.74) is 2.15. The zero-order valence-electron chi connectivity index (χ0n) is 14.0. The predicted molar refractivity (Wildman–Crippen MR) is 86.9 cm³/mol. The standard InChI is InChI=1S/C16H21N5O3/c1-11-4-6-13(7-5-11)8-17-16(23)18-9-15(22)21(3)10-14-19-12(2)24-20-14/h4-7H,8-10H2,1-3H3,(H2,17,18,23). The highest BCUT2D eigenvalue weighted by molar-refractivity contribution is 5.83. The molecule has 24 heavy (non-hydrogen) atoms. The lowest BCUT2D eigenvalue weighted by molar-refractivity contribution is -0.129. The summed E-state index contributed by atoms with van der Waals surface area (Å²) in [6.45, 7) is 4.20. The van der Waals surface area contributed by atoms with Crippen LogP contribution in [-0.4, -0.2) is 40.6 Å². The van der Waals surface area contributed by atoms with E-state index < -0.39 is 6.03 Å². The van der Waals surface area contributed by atoms with E-state index in [1.165, 1.54) is 4.90 Å². The highest BCUT2D eigenvalue weighted by Crippen LogP contribution is 2.02. The molecule has 0 bridgehead atoms. The van der Waals surface area contributed by atoms with Crippen LogP contribution in [-0.2, 0) is 17.9 Å². The minimum absolute atomic E-state index is 0.104. The summed E-state index contributed by atoms with van der Waals surface area (Å²) in [5.74, 6) is 0.620. The number of urea groups is 1. The minimum Gasteiger partial charge on any atom is -0.340 e. The molecule has 0 saturated carbocycles. The second-order valence-corrected chi connectivity index (χ2v) is 5.50. The Morgan fingerprint density at radius 3 is 2.50 bits per heavy atom. The average Bonchev–Trinajstić information content (AvgIpc) is 2.96. The van der Waals surface area contributed by atoms with Crippen LogP contribution < -0.4 is 10.6 Å². The van der Waals surface area contributed by atoms with Crippen molar-refractivity contribution in [3.8, 4) is 0 Å². The Balaban J connectivity index is 1.70. The van der Waals surface area contributed by atoms with Crippen molar-refractivity contribution < 1.29 is 14.1 Å². The molecule has 0 radical (unpaired) electrons. The van der Waals surface area contributed by atoms with Gasteiger partial charge >= 0.3 is 6.03 Å². The number of nitrogens with one attached hydrogen (secondary N) is 2. The molecule has 0 saturated heterocycles. The molecule has 1 heterocycles. The van der Waals surface area contributed by atoms with Crippen molar-refractivity contribution >= 4 is 11.9 Å². The molecule has 8 nitrogen and oxygen atoms in total. The monoisotopic (exact) mass is 331 g/mol. The van der Waals surface area contributed by atoms with Gasteiger partial charge in [-0.15, -0.1) is 0 Å². The molecule has 0 spiro atoms. The molecule has 0 aliphatic carbocycles. The number of amides is 3. The van der Waals surface area contributed by atoms with Crippen molar-refractivity contribution in [1.82, 2.24) is 25.7 Å². The fraction of sp³-hybridized carbons (Fsp3) is 0.375. The Morgan fingerprint density at radius 1 is 1.17 bits per heavy atom. The molecule has 128 valence electrons. The largest absolute Gasteiger partial charge is 0.340 e. The third-order valence-corrected chi connectivity index (χ3v) is 3.35. The van der Waals surface area contributed by atoms with E-state index >= 15 is 0 Å². The molecule has 0 aliphatic heterocycles. The van der Waals surface area contributed by atoms with Gasteiger partial charge in [0.05, 0.1) is 13.1 Å². The molecule has 1 aromatic carbocycles. The quantitative estimate of drug-likeness (QED) is 0.827. The Hall–Kier alpha value is -2.90. The summed E-state index contributed by atoms with van der Waals surface area (Å²) in [4.78, 5) is 29.2. The molecule has 0 unspecified atom stereocenters. The van der Waals surface area contributed by atoms with E-state index in [0.717, 1.165) is 11.1 Å². The molecular formula is C16H21N5O3. The Kier molecular flexibility index (Phi) is 5.89. The van der Waals surface area contributed by atoms with E-state index in [-0.39, 0.29) is 19.0 Å². The van der Waals surface area contributed by atoms with Crippen LogP contribution >= 0.6 is 0 Å². The van der Waals surface area contributed by atoms with Gasteiger partial charge in [-0.3, -0.25) is 4.79 Å². The van der Waals surface area contributed by atoms with E-state index in [9.17, 15) is 9.59 Å². The minimum atomic E-state index is -0.396. The molecule has 0 atom stereocenters. The van der Waals surface area contributed by atoms with Gasteiger partial charge in [-0.1, -0.05) is 35.0 Å². The summed E-state index contributed by atoms with van der Waals surface area (Å²) < 4.78 is 4.85. The number of hydrogen-bond acceptors (Lipinski definition) is 5. The molecule has 0 fully saturated rings. The molecule has 1 aromatic heterocycles. The maximum Gasteiger partial charge on any atom is 0.315 e. The Bertz CT molecular complexity index is 696. The number of carbonyl (C=O) groups is 2. The molecule has 2 rings (SSSR count). The van der Waals surface area contributed by atoms with Gasteiger partial charge < -0.3 is 20.1 Å². The van der Waals surface area contributed by atoms with Gasteiger partial charge in [0.1, 0.15) is 0 Å². The van der Waals surface area contributed by atoms with Gasteiger partial charge in [-0.2, -0.15) is 4.98 Å². The summed E-state index contributed by atoms with van der Waals surface area (Å²) >= 11 is 0. The third kappa shape index (κ3) is 5.38. The van der Waals surface area contributed by atoms with Crippen molar-refractivity contribution in [3.05, 3.63) is 47.1 Å². The summed E-state index contributed by atoms with van der Waals surface area (Å²) in [7, 11) is 1.61. The maximum absolute atomic E-state index is 12.0. The zero-order chi connectivity index (χ0) is 17.5. The molecule has 2 N–H and O–H groups in total. The van der Waals surface area contributed by atoms with E-state index in [1.807, 2.05) is 31.2 Å². The molecule has 8 heteroatoms. The van der Waals surface area contributed by atoms with E-state index in [4.69, 9.17) is 4.52 Å². The SMILES string of the molecule is Cc1ccc(CNC(=O)NCC(=O)N(C)Cc2noc(C)n2)cc1. The van der Waals surface area contributed by atoms with Gasteiger partial charge in [-0.25, -0.2) is 4.79 Å². The van der Waals surface area contributed by atoms with E-state index in [2.05, 4.69) is 20.8 Å². The first kappa shape index (κ1) is 17.5. The Morgan fingerprint density at radius 2 is 1.88 bits per heavy atom. The number of aromatic nitrogens is 2. The predicted octanol–water partition coefficient (Wildman–Crippen LogP) is 1.14. The number of aryl methyl sites for hydroxylation is 2. The highest BCUT2D eigenvalue weighted by atomic mass is 16.5. The second-order valence-electron chi connectivity index (χ2n) is 5.50. The topological polar surface area (TPSA) is 100 Å². The number of hydrogen-bond donors (Lipinski definition) is 2. The van der Waals surface area contributed by atoms with Gasteiger partial charge in [0.15, 0.2) is 5.82 Å². The van der Waals surface area contributed by atoms with Crippen molar-refractivity contribution in [2.45, 2.75) is 26.9 Å². The lowest BCUT2D eigenvalue weighted by Crippen LogP contribution is -2.42. The molecule has 0 aliphatic rings. The van der Waals surface area contributed by atoms with Crippen LogP contribution in [0.15, 0.2) is 28.8 Å². The average molecular weight is 331 g/mol. The van der Waals surface area contributed by atoms with Gasteiger partial charge in [0, 0.05) is 20.5 Å². The first-order valence-corrected chi connectivity index (χ1v) is 7.54. The van der Waals surface area contributed by atoms with Crippen LogP contribution in [0.5, 0.6) is 0 Å². The van der Waals surface area contributed by atoms with Crippen LogP contribution in [0.25, 0.3) is 0 Å². The van der Waals surface area contributed by atoms with E-state index in [1.54, 1.807) is 14.0 Å². The fourth-order valence-corrected chi connectivity index (χ4v) is 1.95.